The van der Waals surface area contributed by atoms with Crippen LogP contribution >= 0.6 is 11.6 Å². The number of anilines is 1. The van der Waals surface area contributed by atoms with E-state index in [-0.39, 0.29) is 12.5 Å². The Labute approximate surface area is 168 Å². The number of hydrogen-bond donors (Lipinski definition) is 1. The summed E-state index contributed by atoms with van der Waals surface area (Å²) in [5.41, 5.74) is 4.61. The molecule has 0 atom stereocenters. The van der Waals surface area contributed by atoms with Crippen LogP contribution in [0.3, 0.4) is 0 Å². The first-order chi connectivity index (χ1) is 13.2. The molecule has 3 rings (SSSR count). The maximum absolute atomic E-state index is 12.5. The standard InChI is InChI=1S/C22H23ClN2O3/c1-13-5-6-14(2)19(7-13)24-21(26)12-25(4)11-16-9-22(27)28-20-8-15(3)18(23)10-17(16)20/h5-10H,11-12H2,1-4H3,(H,24,26). The number of benzene rings is 2. The predicted molar refractivity (Wildman–Crippen MR) is 113 cm³/mol. The third-order valence-corrected chi connectivity index (χ3v) is 5.04. The van der Waals surface area contributed by atoms with Crippen LogP contribution in [0.15, 0.2) is 45.6 Å². The van der Waals surface area contributed by atoms with E-state index in [1.54, 1.807) is 12.1 Å². The summed E-state index contributed by atoms with van der Waals surface area (Å²) in [5, 5.41) is 4.34. The van der Waals surface area contributed by atoms with E-state index >= 15 is 0 Å². The molecule has 0 spiro atoms. The van der Waals surface area contributed by atoms with E-state index in [2.05, 4.69) is 5.32 Å². The lowest BCUT2D eigenvalue weighted by atomic mass is 10.1. The van der Waals surface area contributed by atoms with Gasteiger partial charge in [0, 0.05) is 28.7 Å². The van der Waals surface area contributed by atoms with Crippen molar-refractivity contribution in [3.8, 4) is 0 Å². The van der Waals surface area contributed by atoms with E-state index < -0.39 is 5.63 Å². The van der Waals surface area contributed by atoms with Gasteiger partial charge in [-0.25, -0.2) is 4.79 Å². The molecule has 1 amide bonds. The molecule has 0 aliphatic heterocycles. The van der Waals surface area contributed by atoms with Gasteiger partial charge in [0.15, 0.2) is 0 Å². The van der Waals surface area contributed by atoms with Crippen molar-refractivity contribution in [2.75, 3.05) is 18.9 Å². The molecule has 3 aromatic rings. The van der Waals surface area contributed by atoms with Crippen LogP contribution in [0.25, 0.3) is 11.0 Å². The van der Waals surface area contributed by atoms with Crippen LogP contribution < -0.4 is 10.9 Å². The maximum atomic E-state index is 12.5. The van der Waals surface area contributed by atoms with Crippen LogP contribution in [0, 0.1) is 20.8 Å². The highest BCUT2D eigenvalue weighted by atomic mass is 35.5. The van der Waals surface area contributed by atoms with Crippen molar-refractivity contribution in [3.05, 3.63) is 74.1 Å². The SMILES string of the molecule is Cc1ccc(C)c(NC(=O)CN(C)Cc2cc(=O)oc3cc(C)c(Cl)cc23)c1. The zero-order valence-corrected chi connectivity index (χ0v) is 17.2. The van der Waals surface area contributed by atoms with Crippen molar-refractivity contribution in [1.29, 1.82) is 0 Å². The van der Waals surface area contributed by atoms with Gasteiger partial charge in [-0.2, -0.15) is 0 Å². The van der Waals surface area contributed by atoms with Gasteiger partial charge < -0.3 is 9.73 Å². The van der Waals surface area contributed by atoms with Crippen molar-refractivity contribution in [2.45, 2.75) is 27.3 Å². The summed E-state index contributed by atoms with van der Waals surface area (Å²) in [6.07, 6.45) is 0. The molecule has 1 N–H and O–H groups in total. The molecule has 0 radical (unpaired) electrons. The molecule has 6 heteroatoms. The Morgan fingerprint density at radius 3 is 2.61 bits per heavy atom. The van der Waals surface area contributed by atoms with E-state index in [1.165, 1.54) is 6.07 Å². The molecular formula is C22H23ClN2O3. The Morgan fingerprint density at radius 1 is 1.11 bits per heavy atom. The van der Waals surface area contributed by atoms with Crippen LogP contribution in [0.4, 0.5) is 5.69 Å². The minimum absolute atomic E-state index is 0.114. The largest absolute Gasteiger partial charge is 0.423 e. The first-order valence-electron chi connectivity index (χ1n) is 9.01. The van der Waals surface area contributed by atoms with E-state index in [0.29, 0.717) is 17.2 Å². The Hall–Kier alpha value is -2.63. The molecule has 0 fully saturated rings. The fourth-order valence-corrected chi connectivity index (χ4v) is 3.29. The fourth-order valence-electron chi connectivity index (χ4n) is 3.13. The minimum atomic E-state index is -0.419. The molecule has 0 saturated heterocycles. The average molecular weight is 399 g/mol. The number of hydrogen-bond acceptors (Lipinski definition) is 4. The van der Waals surface area contributed by atoms with Gasteiger partial charge in [0.25, 0.3) is 0 Å². The number of carbonyl (C=O) groups is 1. The molecular weight excluding hydrogens is 376 g/mol. The number of aryl methyl sites for hydroxylation is 3. The Kier molecular flexibility index (Phi) is 5.87. The van der Waals surface area contributed by atoms with E-state index in [4.69, 9.17) is 16.0 Å². The van der Waals surface area contributed by atoms with E-state index in [1.807, 2.05) is 50.9 Å². The Bertz CT molecular complexity index is 1100. The third kappa shape index (κ3) is 4.61. The third-order valence-electron chi connectivity index (χ3n) is 4.63. The summed E-state index contributed by atoms with van der Waals surface area (Å²) in [4.78, 5) is 26.2. The van der Waals surface area contributed by atoms with Gasteiger partial charge in [0.05, 0.1) is 6.54 Å². The molecule has 0 unspecified atom stereocenters. The van der Waals surface area contributed by atoms with Crippen LogP contribution in [-0.4, -0.2) is 24.4 Å². The maximum Gasteiger partial charge on any atom is 0.336 e. The molecule has 5 nitrogen and oxygen atoms in total. The second-order valence-electron chi connectivity index (χ2n) is 7.23. The van der Waals surface area contributed by atoms with Gasteiger partial charge in [0.1, 0.15) is 5.58 Å². The van der Waals surface area contributed by atoms with Gasteiger partial charge in [0.2, 0.25) is 5.91 Å². The molecule has 0 aliphatic rings. The minimum Gasteiger partial charge on any atom is -0.423 e. The number of amides is 1. The summed E-state index contributed by atoms with van der Waals surface area (Å²) in [6, 6.07) is 11.0. The molecule has 0 aliphatic carbocycles. The van der Waals surface area contributed by atoms with Crippen LogP contribution in [-0.2, 0) is 11.3 Å². The number of carbonyl (C=O) groups excluding carboxylic acids is 1. The lowest BCUT2D eigenvalue weighted by Gasteiger charge is -2.18. The molecule has 1 heterocycles. The summed E-state index contributed by atoms with van der Waals surface area (Å²) >= 11 is 6.24. The number of nitrogens with zero attached hydrogens (tertiary/aromatic N) is 1. The number of nitrogens with one attached hydrogen (secondary N) is 1. The van der Waals surface area contributed by atoms with Crippen molar-refractivity contribution in [2.24, 2.45) is 0 Å². The van der Waals surface area contributed by atoms with Crippen LogP contribution in [0.5, 0.6) is 0 Å². The highest BCUT2D eigenvalue weighted by Crippen LogP contribution is 2.25. The summed E-state index contributed by atoms with van der Waals surface area (Å²) < 4.78 is 5.29. The van der Waals surface area contributed by atoms with Gasteiger partial charge in [-0.05, 0) is 68.3 Å². The van der Waals surface area contributed by atoms with Crippen LogP contribution in [0.1, 0.15) is 22.3 Å². The smallest absolute Gasteiger partial charge is 0.336 e. The van der Waals surface area contributed by atoms with E-state index in [9.17, 15) is 9.59 Å². The normalized spacial score (nSPS) is 11.2. The topological polar surface area (TPSA) is 62.6 Å². The Morgan fingerprint density at radius 2 is 1.86 bits per heavy atom. The second kappa shape index (κ2) is 8.17. The molecule has 0 bridgehead atoms. The summed E-state index contributed by atoms with van der Waals surface area (Å²) in [7, 11) is 1.83. The summed E-state index contributed by atoms with van der Waals surface area (Å²) in [6.45, 7) is 6.41. The number of rotatable bonds is 5. The molecule has 1 aromatic heterocycles. The van der Waals surface area contributed by atoms with Gasteiger partial charge >= 0.3 is 5.63 Å². The van der Waals surface area contributed by atoms with Gasteiger partial charge in [-0.1, -0.05) is 23.7 Å². The van der Waals surface area contributed by atoms with Crippen LogP contribution in [0.2, 0.25) is 5.02 Å². The highest BCUT2D eigenvalue weighted by Gasteiger charge is 2.13. The monoisotopic (exact) mass is 398 g/mol. The van der Waals surface area contributed by atoms with Crippen molar-refractivity contribution in [3.63, 3.8) is 0 Å². The first-order valence-corrected chi connectivity index (χ1v) is 9.39. The molecule has 2 aromatic carbocycles. The predicted octanol–water partition coefficient (Wildman–Crippen LogP) is 4.44. The quantitative estimate of drug-likeness (QED) is 0.645. The molecule has 28 heavy (non-hydrogen) atoms. The Balaban J connectivity index is 1.76. The number of fused-ring (bicyclic) bond motifs is 1. The molecule has 146 valence electrons. The number of likely N-dealkylation sites (N-methyl/N-ethyl adjacent to an activating group) is 1. The number of halogens is 1. The zero-order valence-electron chi connectivity index (χ0n) is 16.4. The highest BCUT2D eigenvalue weighted by molar-refractivity contribution is 6.32. The second-order valence-corrected chi connectivity index (χ2v) is 7.63. The van der Waals surface area contributed by atoms with E-state index in [0.717, 1.165) is 33.3 Å². The van der Waals surface area contributed by atoms with Crippen molar-refractivity contribution >= 4 is 34.2 Å². The zero-order chi connectivity index (χ0) is 20.4. The lowest BCUT2D eigenvalue weighted by Crippen LogP contribution is -2.30. The first kappa shape index (κ1) is 20.1. The van der Waals surface area contributed by atoms with Gasteiger partial charge in [-0.15, -0.1) is 0 Å². The van der Waals surface area contributed by atoms with Gasteiger partial charge in [-0.3, -0.25) is 9.69 Å². The lowest BCUT2D eigenvalue weighted by molar-refractivity contribution is -0.117. The fraction of sp³-hybridized carbons (Fsp3) is 0.273. The van der Waals surface area contributed by atoms with Crippen molar-refractivity contribution in [1.82, 2.24) is 4.90 Å². The molecule has 0 saturated carbocycles. The van der Waals surface area contributed by atoms with Crippen molar-refractivity contribution < 1.29 is 9.21 Å². The average Bonchev–Trinajstić information content (AvgIpc) is 2.59. The summed E-state index contributed by atoms with van der Waals surface area (Å²) in [5.74, 6) is -0.114.